The van der Waals surface area contributed by atoms with Crippen molar-refractivity contribution in [2.75, 3.05) is 66.1 Å². The molecule has 1 heterocycles. The van der Waals surface area contributed by atoms with Crippen molar-refractivity contribution in [3.63, 3.8) is 0 Å². The van der Waals surface area contributed by atoms with Crippen LogP contribution in [0.25, 0.3) is 0 Å². The number of carbonyl (C=O) groups is 1. The van der Waals surface area contributed by atoms with Crippen LogP contribution in [0.15, 0.2) is 35.3 Å². The van der Waals surface area contributed by atoms with E-state index in [1.54, 1.807) is 7.11 Å². The zero-order chi connectivity index (χ0) is 20.9. The van der Waals surface area contributed by atoms with Crippen LogP contribution in [-0.2, 0) is 9.53 Å². The van der Waals surface area contributed by atoms with Crippen molar-refractivity contribution in [3.8, 4) is 5.75 Å². The summed E-state index contributed by atoms with van der Waals surface area (Å²) < 4.78 is 10.9. The highest BCUT2D eigenvalue weighted by Crippen LogP contribution is 2.11. The predicted octanol–water partition coefficient (Wildman–Crippen LogP) is 1.42. The van der Waals surface area contributed by atoms with Crippen LogP contribution in [0.3, 0.4) is 0 Å². The summed E-state index contributed by atoms with van der Waals surface area (Å²) in [5, 5.41) is 6.24. The third-order valence-electron chi connectivity index (χ3n) is 4.58. The molecule has 0 radical (unpaired) electrons. The molecular weight excluding hydrogens is 497 g/mol. The summed E-state index contributed by atoms with van der Waals surface area (Å²) in [5.74, 6) is 1.81. The Morgan fingerprint density at radius 2 is 1.87 bits per heavy atom. The SMILES string of the molecule is CCNC(=NCC(C)Oc1ccccc1)N1CCN(CC(=O)NCCOC)CC1.I. The van der Waals surface area contributed by atoms with E-state index in [0.717, 1.165) is 44.4 Å². The summed E-state index contributed by atoms with van der Waals surface area (Å²) in [4.78, 5) is 21.1. The number of ether oxygens (including phenoxy) is 2. The summed E-state index contributed by atoms with van der Waals surface area (Å²) in [7, 11) is 1.63. The lowest BCUT2D eigenvalue weighted by molar-refractivity contribution is -0.122. The molecule has 1 fully saturated rings. The molecule has 9 heteroatoms. The van der Waals surface area contributed by atoms with Gasteiger partial charge in [-0.15, -0.1) is 24.0 Å². The third-order valence-corrected chi connectivity index (χ3v) is 4.58. The number of piperazine rings is 1. The molecule has 170 valence electrons. The monoisotopic (exact) mass is 533 g/mol. The molecule has 1 unspecified atom stereocenters. The Balaban J connectivity index is 0.00000450. The lowest BCUT2D eigenvalue weighted by Crippen LogP contribution is -2.54. The number of para-hydroxylation sites is 1. The molecule has 1 amide bonds. The Morgan fingerprint density at radius 3 is 2.50 bits per heavy atom. The summed E-state index contributed by atoms with van der Waals surface area (Å²) >= 11 is 0. The molecule has 0 spiro atoms. The van der Waals surface area contributed by atoms with Crippen LogP contribution in [-0.4, -0.2) is 93.8 Å². The summed E-state index contributed by atoms with van der Waals surface area (Å²) in [5.41, 5.74) is 0. The lowest BCUT2D eigenvalue weighted by atomic mass is 10.3. The van der Waals surface area contributed by atoms with E-state index in [1.807, 2.05) is 37.3 Å². The minimum absolute atomic E-state index is 0. The Morgan fingerprint density at radius 1 is 1.17 bits per heavy atom. The standard InChI is InChI=1S/C21H35N5O3.HI/c1-4-22-21(24-16-18(2)29-19-8-6-5-7-9-19)26-13-11-25(12-14-26)17-20(27)23-10-15-28-3;/h5-9,18H,4,10-17H2,1-3H3,(H,22,24)(H,23,27);1H. The number of nitrogens with one attached hydrogen (secondary N) is 2. The van der Waals surface area contributed by atoms with Gasteiger partial charge in [-0.25, -0.2) is 4.99 Å². The van der Waals surface area contributed by atoms with Crippen LogP contribution in [0, 0.1) is 0 Å². The highest BCUT2D eigenvalue weighted by Gasteiger charge is 2.21. The number of benzene rings is 1. The molecule has 8 nitrogen and oxygen atoms in total. The first kappa shape index (κ1) is 26.4. The number of rotatable bonds is 10. The van der Waals surface area contributed by atoms with Crippen molar-refractivity contribution >= 4 is 35.8 Å². The van der Waals surface area contributed by atoms with Gasteiger partial charge in [0.15, 0.2) is 5.96 Å². The molecule has 1 aromatic carbocycles. The van der Waals surface area contributed by atoms with Crippen LogP contribution in [0.4, 0.5) is 0 Å². The van der Waals surface area contributed by atoms with Gasteiger partial charge in [0.05, 0.1) is 19.7 Å². The Bertz CT molecular complexity index is 624. The summed E-state index contributed by atoms with van der Waals surface area (Å²) in [6, 6.07) is 9.81. The number of amides is 1. The van der Waals surface area contributed by atoms with Crippen LogP contribution in [0.2, 0.25) is 0 Å². The highest BCUT2D eigenvalue weighted by molar-refractivity contribution is 14.0. The predicted molar refractivity (Wildman–Crippen MR) is 131 cm³/mol. The fourth-order valence-electron chi connectivity index (χ4n) is 3.08. The number of hydrogen-bond acceptors (Lipinski definition) is 5. The van der Waals surface area contributed by atoms with E-state index in [0.29, 0.717) is 26.2 Å². The van der Waals surface area contributed by atoms with Crippen molar-refractivity contribution in [1.82, 2.24) is 20.4 Å². The van der Waals surface area contributed by atoms with Gasteiger partial charge in [0, 0.05) is 46.4 Å². The Kier molecular flexibility index (Phi) is 13.4. The van der Waals surface area contributed by atoms with Gasteiger partial charge in [0.2, 0.25) is 5.91 Å². The van der Waals surface area contributed by atoms with Gasteiger partial charge < -0.3 is 25.0 Å². The molecule has 1 aromatic rings. The molecule has 0 aliphatic carbocycles. The first-order valence-corrected chi connectivity index (χ1v) is 10.3. The number of halogens is 1. The van der Waals surface area contributed by atoms with Crippen molar-refractivity contribution in [1.29, 1.82) is 0 Å². The molecule has 1 atom stereocenters. The molecular formula is C21H36IN5O3. The van der Waals surface area contributed by atoms with Crippen LogP contribution in [0.1, 0.15) is 13.8 Å². The van der Waals surface area contributed by atoms with Gasteiger partial charge in [0.25, 0.3) is 0 Å². The Hall–Kier alpha value is -1.59. The number of hydrogen-bond donors (Lipinski definition) is 2. The van der Waals surface area contributed by atoms with Crippen molar-refractivity contribution < 1.29 is 14.3 Å². The second-order valence-electron chi connectivity index (χ2n) is 7.04. The van der Waals surface area contributed by atoms with Crippen LogP contribution >= 0.6 is 24.0 Å². The van der Waals surface area contributed by atoms with Crippen molar-refractivity contribution in [2.24, 2.45) is 4.99 Å². The number of nitrogens with zero attached hydrogens (tertiary/aromatic N) is 3. The van der Waals surface area contributed by atoms with E-state index < -0.39 is 0 Å². The molecule has 30 heavy (non-hydrogen) atoms. The van der Waals surface area contributed by atoms with Gasteiger partial charge in [-0.3, -0.25) is 9.69 Å². The normalized spacial score (nSPS) is 15.8. The quantitative estimate of drug-likeness (QED) is 0.205. The Labute approximate surface area is 197 Å². The van der Waals surface area contributed by atoms with Gasteiger partial charge in [0.1, 0.15) is 11.9 Å². The molecule has 1 aliphatic rings. The van der Waals surface area contributed by atoms with Crippen molar-refractivity contribution in [2.45, 2.75) is 20.0 Å². The first-order valence-electron chi connectivity index (χ1n) is 10.3. The zero-order valence-electron chi connectivity index (χ0n) is 18.3. The molecule has 0 saturated carbocycles. The summed E-state index contributed by atoms with van der Waals surface area (Å²) in [6.45, 7) is 10.3. The second kappa shape index (κ2) is 15.2. The largest absolute Gasteiger partial charge is 0.489 e. The highest BCUT2D eigenvalue weighted by atomic mass is 127. The fourth-order valence-corrected chi connectivity index (χ4v) is 3.08. The number of carbonyl (C=O) groups excluding carboxylic acids is 1. The molecule has 1 saturated heterocycles. The molecule has 1 aliphatic heterocycles. The molecule has 2 rings (SSSR count). The lowest BCUT2D eigenvalue weighted by Gasteiger charge is -2.36. The first-order chi connectivity index (χ1) is 14.1. The van der Waals surface area contributed by atoms with Gasteiger partial charge in [-0.2, -0.15) is 0 Å². The van der Waals surface area contributed by atoms with E-state index >= 15 is 0 Å². The zero-order valence-corrected chi connectivity index (χ0v) is 20.6. The molecule has 2 N–H and O–H groups in total. The maximum atomic E-state index is 12.0. The van der Waals surface area contributed by atoms with E-state index in [4.69, 9.17) is 14.5 Å². The number of aliphatic imine (C=N–C) groups is 1. The fraction of sp³-hybridized carbons (Fsp3) is 0.619. The van der Waals surface area contributed by atoms with E-state index in [1.165, 1.54) is 0 Å². The summed E-state index contributed by atoms with van der Waals surface area (Å²) in [6.07, 6.45) is -0.0110. The van der Waals surface area contributed by atoms with Gasteiger partial charge in [-0.1, -0.05) is 18.2 Å². The van der Waals surface area contributed by atoms with Gasteiger partial charge >= 0.3 is 0 Å². The van der Waals surface area contributed by atoms with Crippen LogP contribution in [0.5, 0.6) is 5.75 Å². The van der Waals surface area contributed by atoms with E-state index in [-0.39, 0.29) is 36.0 Å². The van der Waals surface area contributed by atoms with Crippen LogP contribution < -0.4 is 15.4 Å². The minimum atomic E-state index is -0.0110. The van der Waals surface area contributed by atoms with Crippen molar-refractivity contribution in [3.05, 3.63) is 30.3 Å². The minimum Gasteiger partial charge on any atom is -0.489 e. The average molecular weight is 533 g/mol. The smallest absolute Gasteiger partial charge is 0.234 e. The maximum Gasteiger partial charge on any atom is 0.234 e. The maximum absolute atomic E-state index is 12.0. The van der Waals surface area contributed by atoms with E-state index in [2.05, 4.69) is 27.4 Å². The van der Waals surface area contributed by atoms with Gasteiger partial charge in [-0.05, 0) is 26.0 Å². The number of methoxy groups -OCH3 is 1. The molecule has 0 aromatic heterocycles. The third kappa shape index (κ3) is 9.94. The topological polar surface area (TPSA) is 78.4 Å². The van der Waals surface area contributed by atoms with E-state index in [9.17, 15) is 4.79 Å². The number of guanidine groups is 1. The average Bonchev–Trinajstić information content (AvgIpc) is 2.73. The second-order valence-corrected chi connectivity index (χ2v) is 7.04. The molecule has 0 bridgehead atoms.